The molecule has 0 aromatic heterocycles. The number of carbonyl (C=O) groups is 1. The molecule has 0 bridgehead atoms. The number of carboxylic acids is 1. The second kappa shape index (κ2) is 6.67. The Morgan fingerprint density at radius 2 is 2.00 bits per heavy atom. The average molecular weight is 281 g/mol. The van der Waals surface area contributed by atoms with Crippen molar-refractivity contribution in [1.29, 1.82) is 0 Å². The van der Waals surface area contributed by atoms with Crippen molar-refractivity contribution in [3.8, 4) is 0 Å². The summed E-state index contributed by atoms with van der Waals surface area (Å²) < 4.78 is 13.7. The summed E-state index contributed by atoms with van der Waals surface area (Å²) in [6.45, 7) is 3.35. The van der Waals surface area contributed by atoms with Gasteiger partial charge < -0.3 is 15.3 Å². The van der Waals surface area contributed by atoms with Gasteiger partial charge in [-0.3, -0.25) is 9.69 Å². The summed E-state index contributed by atoms with van der Waals surface area (Å²) in [5, 5.41) is 11.8. The molecular formula is C14H20FN3O2. The Morgan fingerprint density at radius 3 is 2.55 bits per heavy atom. The Bertz CT molecular complexity index is 461. The number of carboxylic acid groups (broad SMARTS) is 1. The Labute approximate surface area is 118 Å². The third-order valence-corrected chi connectivity index (χ3v) is 3.65. The number of nitrogens with one attached hydrogen (secondary N) is 1. The minimum Gasteiger partial charge on any atom is -0.480 e. The van der Waals surface area contributed by atoms with Crippen molar-refractivity contribution in [2.45, 2.75) is 6.04 Å². The van der Waals surface area contributed by atoms with E-state index in [4.69, 9.17) is 5.11 Å². The van der Waals surface area contributed by atoms with Gasteiger partial charge in [0.25, 0.3) is 0 Å². The normalized spacial score (nSPS) is 18.0. The second-order valence-electron chi connectivity index (χ2n) is 4.92. The SMILES string of the molecule is CNC(CN1CCN(c2ccccc2F)CC1)C(=O)O. The van der Waals surface area contributed by atoms with E-state index in [-0.39, 0.29) is 5.82 Å². The van der Waals surface area contributed by atoms with Crippen LogP contribution in [0.2, 0.25) is 0 Å². The molecule has 0 saturated carbocycles. The van der Waals surface area contributed by atoms with Crippen LogP contribution in [-0.4, -0.2) is 61.8 Å². The molecule has 0 aliphatic carbocycles. The molecule has 0 spiro atoms. The highest BCUT2D eigenvalue weighted by molar-refractivity contribution is 5.73. The summed E-state index contributed by atoms with van der Waals surface area (Å²) in [7, 11) is 1.65. The summed E-state index contributed by atoms with van der Waals surface area (Å²) >= 11 is 0. The number of aliphatic carboxylic acids is 1. The maximum Gasteiger partial charge on any atom is 0.322 e. The lowest BCUT2D eigenvalue weighted by molar-refractivity contribution is -0.139. The van der Waals surface area contributed by atoms with Crippen LogP contribution in [0.5, 0.6) is 0 Å². The van der Waals surface area contributed by atoms with Gasteiger partial charge in [0.05, 0.1) is 5.69 Å². The number of anilines is 1. The number of rotatable bonds is 5. The fourth-order valence-electron chi connectivity index (χ4n) is 2.43. The second-order valence-corrected chi connectivity index (χ2v) is 4.92. The Kier molecular flexibility index (Phi) is 4.92. The van der Waals surface area contributed by atoms with Crippen molar-refractivity contribution in [2.75, 3.05) is 44.7 Å². The third kappa shape index (κ3) is 3.46. The summed E-state index contributed by atoms with van der Waals surface area (Å²) in [5.74, 6) is -1.05. The molecule has 110 valence electrons. The van der Waals surface area contributed by atoms with Crippen LogP contribution < -0.4 is 10.2 Å². The van der Waals surface area contributed by atoms with Gasteiger partial charge in [-0.15, -0.1) is 0 Å². The van der Waals surface area contributed by atoms with Crippen molar-refractivity contribution < 1.29 is 14.3 Å². The zero-order valence-electron chi connectivity index (χ0n) is 11.6. The molecule has 1 aromatic carbocycles. The fraction of sp³-hybridized carbons (Fsp3) is 0.500. The maximum atomic E-state index is 13.7. The number of halogens is 1. The highest BCUT2D eigenvalue weighted by atomic mass is 19.1. The number of hydrogen-bond donors (Lipinski definition) is 2. The number of piperazine rings is 1. The van der Waals surface area contributed by atoms with Crippen molar-refractivity contribution in [3.63, 3.8) is 0 Å². The van der Waals surface area contributed by atoms with Gasteiger partial charge in [-0.1, -0.05) is 12.1 Å². The molecule has 1 aliphatic heterocycles. The molecule has 1 fully saturated rings. The molecule has 2 N–H and O–H groups in total. The van der Waals surface area contributed by atoms with Gasteiger partial charge in [-0.2, -0.15) is 0 Å². The molecule has 1 unspecified atom stereocenters. The maximum absolute atomic E-state index is 13.7. The largest absolute Gasteiger partial charge is 0.480 e. The first-order valence-electron chi connectivity index (χ1n) is 6.73. The summed E-state index contributed by atoms with van der Waals surface area (Å²) in [5.41, 5.74) is 0.621. The molecule has 1 heterocycles. The fourth-order valence-corrected chi connectivity index (χ4v) is 2.43. The number of hydrogen-bond acceptors (Lipinski definition) is 4. The van der Waals surface area contributed by atoms with E-state index in [0.717, 1.165) is 13.1 Å². The van der Waals surface area contributed by atoms with E-state index in [1.165, 1.54) is 6.07 Å². The van der Waals surface area contributed by atoms with Crippen LogP contribution in [0.1, 0.15) is 0 Å². The molecule has 1 aromatic rings. The summed E-state index contributed by atoms with van der Waals surface area (Å²) in [6.07, 6.45) is 0. The quantitative estimate of drug-likeness (QED) is 0.828. The average Bonchev–Trinajstić information content (AvgIpc) is 2.46. The highest BCUT2D eigenvalue weighted by Gasteiger charge is 2.23. The molecule has 6 heteroatoms. The van der Waals surface area contributed by atoms with Crippen molar-refractivity contribution in [2.24, 2.45) is 0 Å². The monoisotopic (exact) mass is 281 g/mol. The van der Waals surface area contributed by atoms with Crippen LogP contribution in [0.15, 0.2) is 24.3 Å². The number of benzene rings is 1. The van der Waals surface area contributed by atoms with Crippen molar-refractivity contribution >= 4 is 11.7 Å². The Balaban J connectivity index is 1.89. The van der Waals surface area contributed by atoms with E-state index < -0.39 is 12.0 Å². The molecule has 5 nitrogen and oxygen atoms in total. The van der Waals surface area contributed by atoms with E-state index in [9.17, 15) is 9.18 Å². The Hall–Kier alpha value is -1.66. The lowest BCUT2D eigenvalue weighted by atomic mass is 10.2. The Morgan fingerprint density at radius 1 is 1.35 bits per heavy atom. The lowest BCUT2D eigenvalue weighted by Crippen LogP contribution is -2.52. The van der Waals surface area contributed by atoms with Crippen LogP contribution in [0.4, 0.5) is 10.1 Å². The standard InChI is InChI=1S/C14H20FN3O2/c1-16-12(14(19)20)10-17-6-8-18(9-7-17)13-5-3-2-4-11(13)15/h2-5,12,16H,6-10H2,1H3,(H,19,20). The van der Waals surface area contributed by atoms with Crippen LogP contribution in [0, 0.1) is 5.82 Å². The summed E-state index contributed by atoms with van der Waals surface area (Å²) in [6, 6.07) is 6.18. The van der Waals surface area contributed by atoms with Gasteiger partial charge in [0.1, 0.15) is 11.9 Å². The van der Waals surface area contributed by atoms with E-state index >= 15 is 0 Å². The molecule has 20 heavy (non-hydrogen) atoms. The number of nitrogens with zero attached hydrogens (tertiary/aromatic N) is 2. The van der Waals surface area contributed by atoms with E-state index in [1.807, 2.05) is 11.0 Å². The van der Waals surface area contributed by atoms with Crippen LogP contribution >= 0.6 is 0 Å². The molecule has 1 saturated heterocycles. The minimum absolute atomic E-state index is 0.209. The van der Waals surface area contributed by atoms with Gasteiger partial charge in [-0.25, -0.2) is 4.39 Å². The topological polar surface area (TPSA) is 55.8 Å². The van der Waals surface area contributed by atoms with E-state index in [0.29, 0.717) is 25.3 Å². The van der Waals surface area contributed by atoms with Crippen molar-refractivity contribution in [1.82, 2.24) is 10.2 Å². The van der Waals surface area contributed by atoms with Gasteiger partial charge in [0.15, 0.2) is 0 Å². The third-order valence-electron chi connectivity index (χ3n) is 3.65. The van der Waals surface area contributed by atoms with Crippen molar-refractivity contribution in [3.05, 3.63) is 30.1 Å². The van der Waals surface area contributed by atoms with Gasteiger partial charge in [0, 0.05) is 32.7 Å². The van der Waals surface area contributed by atoms with Crippen LogP contribution in [-0.2, 0) is 4.79 Å². The predicted octanol–water partition coefficient (Wildman–Crippen LogP) is 0.620. The summed E-state index contributed by atoms with van der Waals surface area (Å²) in [4.78, 5) is 15.1. The van der Waals surface area contributed by atoms with E-state index in [1.54, 1.807) is 19.2 Å². The zero-order valence-corrected chi connectivity index (χ0v) is 11.6. The molecule has 0 radical (unpaired) electrons. The molecule has 1 atom stereocenters. The minimum atomic E-state index is -0.843. The van der Waals surface area contributed by atoms with Gasteiger partial charge in [0.2, 0.25) is 0 Å². The van der Waals surface area contributed by atoms with Crippen LogP contribution in [0.25, 0.3) is 0 Å². The first kappa shape index (κ1) is 14.7. The number of likely N-dealkylation sites (N-methyl/N-ethyl adjacent to an activating group) is 1. The molecular weight excluding hydrogens is 261 g/mol. The molecule has 1 aliphatic rings. The van der Waals surface area contributed by atoms with Gasteiger partial charge in [-0.05, 0) is 19.2 Å². The van der Waals surface area contributed by atoms with Crippen LogP contribution in [0.3, 0.4) is 0 Å². The molecule has 0 amide bonds. The number of para-hydroxylation sites is 1. The highest BCUT2D eigenvalue weighted by Crippen LogP contribution is 2.20. The zero-order chi connectivity index (χ0) is 14.5. The predicted molar refractivity (Wildman–Crippen MR) is 75.5 cm³/mol. The smallest absolute Gasteiger partial charge is 0.322 e. The first-order valence-corrected chi connectivity index (χ1v) is 6.73. The van der Waals surface area contributed by atoms with Gasteiger partial charge >= 0.3 is 5.97 Å². The first-order chi connectivity index (χ1) is 9.61. The lowest BCUT2D eigenvalue weighted by Gasteiger charge is -2.37. The van der Waals surface area contributed by atoms with E-state index in [2.05, 4.69) is 10.2 Å². The molecule has 2 rings (SSSR count).